The Bertz CT molecular complexity index is 773. The number of H-pyrrole nitrogens is 1. The molecule has 0 bridgehead atoms. The smallest absolute Gasteiger partial charge is 0.303 e. The molecule has 0 aliphatic carbocycles. The van der Waals surface area contributed by atoms with Gasteiger partial charge in [0.1, 0.15) is 6.10 Å². The van der Waals surface area contributed by atoms with Gasteiger partial charge in [0.15, 0.2) is 29.3 Å². The number of rotatable bonds is 5. The number of aliphatic hydroxyl groups is 1. The first-order valence-electron chi connectivity index (χ1n) is 8.20. The van der Waals surface area contributed by atoms with Crippen molar-refractivity contribution in [2.75, 3.05) is 6.61 Å². The van der Waals surface area contributed by atoms with Crippen molar-refractivity contribution >= 4 is 30.1 Å². The quantitative estimate of drug-likeness (QED) is 0.412. The van der Waals surface area contributed by atoms with E-state index in [0.717, 1.165) is 0 Å². The fraction of sp³-hybridized carbons (Fsp3) is 0.625. The average Bonchev–Trinajstić information content (AvgIpc) is 2.88. The molecule has 1 aromatic rings. The van der Waals surface area contributed by atoms with Crippen LogP contribution in [0, 0.1) is 11.7 Å². The van der Waals surface area contributed by atoms with Crippen molar-refractivity contribution in [3.8, 4) is 0 Å². The van der Waals surface area contributed by atoms with E-state index in [2.05, 4.69) is 4.98 Å². The van der Waals surface area contributed by atoms with Crippen molar-refractivity contribution in [2.45, 2.75) is 58.3 Å². The van der Waals surface area contributed by atoms with Gasteiger partial charge in [0, 0.05) is 32.7 Å². The minimum absolute atomic E-state index is 0.277. The number of carbonyl (C=O) groups excluding carboxylic acids is 3. The third-order valence-electron chi connectivity index (χ3n) is 3.95. The second kappa shape index (κ2) is 8.63. The molecule has 0 amide bonds. The first-order chi connectivity index (χ1) is 12.6. The van der Waals surface area contributed by atoms with E-state index < -0.39 is 55.2 Å². The number of aromatic nitrogens is 2. The van der Waals surface area contributed by atoms with Gasteiger partial charge in [-0.05, 0) is 19.1 Å². The van der Waals surface area contributed by atoms with Crippen LogP contribution in [-0.2, 0) is 33.3 Å². The van der Waals surface area contributed by atoms with Crippen molar-refractivity contribution in [1.29, 1.82) is 0 Å². The highest BCUT2D eigenvalue weighted by atomic mass is 32.1. The minimum Gasteiger partial charge on any atom is -0.456 e. The van der Waals surface area contributed by atoms with E-state index in [1.807, 2.05) is 0 Å². The van der Waals surface area contributed by atoms with Crippen LogP contribution in [-0.4, -0.2) is 63.6 Å². The summed E-state index contributed by atoms with van der Waals surface area (Å²) in [6, 6.07) is 0. The van der Waals surface area contributed by atoms with Crippen LogP contribution >= 0.6 is 12.2 Å². The Balaban J connectivity index is 2.56. The summed E-state index contributed by atoms with van der Waals surface area (Å²) in [5.74, 6) is -2.01. The van der Waals surface area contributed by atoms with Crippen LogP contribution in [0.4, 0.5) is 0 Å². The van der Waals surface area contributed by atoms with E-state index in [9.17, 15) is 19.5 Å². The topological polar surface area (TPSA) is 129 Å². The van der Waals surface area contributed by atoms with E-state index in [1.54, 1.807) is 13.1 Å². The number of hydrogen-bond donors (Lipinski definition) is 2. The van der Waals surface area contributed by atoms with Gasteiger partial charge >= 0.3 is 17.9 Å². The molecule has 1 aliphatic rings. The number of nitrogens with one attached hydrogen (secondary N) is 1. The van der Waals surface area contributed by atoms with E-state index >= 15 is 0 Å². The van der Waals surface area contributed by atoms with Gasteiger partial charge in [-0.2, -0.15) is 0 Å². The lowest BCUT2D eigenvalue weighted by atomic mass is 9.97. The summed E-state index contributed by atoms with van der Waals surface area (Å²) >= 11 is 5.25. The lowest BCUT2D eigenvalue weighted by Gasteiger charge is -2.44. The Morgan fingerprint density at radius 3 is 2.07 bits per heavy atom. The molecule has 1 aromatic heterocycles. The third kappa shape index (κ3) is 4.73. The fourth-order valence-electron chi connectivity index (χ4n) is 3.01. The Kier molecular flexibility index (Phi) is 6.73. The number of esters is 3. The number of aryl methyl sites for hydroxylation is 1. The Hall–Kier alpha value is -2.24. The molecule has 27 heavy (non-hydrogen) atoms. The lowest BCUT2D eigenvalue weighted by molar-refractivity contribution is -0.268. The van der Waals surface area contributed by atoms with Gasteiger partial charge in [0.25, 0.3) is 0 Å². The maximum absolute atomic E-state index is 11.7. The van der Waals surface area contributed by atoms with Crippen LogP contribution in [0.3, 0.4) is 0 Å². The molecule has 1 aliphatic heterocycles. The molecular weight excluding hydrogens is 380 g/mol. The van der Waals surface area contributed by atoms with Gasteiger partial charge in [-0.15, -0.1) is 0 Å². The molecule has 150 valence electrons. The summed E-state index contributed by atoms with van der Waals surface area (Å²) < 4.78 is 23.6. The molecule has 1 fully saturated rings. The molecule has 0 spiro atoms. The zero-order valence-corrected chi connectivity index (χ0v) is 16.1. The number of carbonyl (C=O) groups is 3. The lowest BCUT2D eigenvalue weighted by Crippen LogP contribution is -2.60. The summed E-state index contributed by atoms with van der Waals surface area (Å²) in [7, 11) is 0. The largest absolute Gasteiger partial charge is 0.456 e. The Morgan fingerprint density at radius 1 is 1.11 bits per heavy atom. The SMILES string of the molecule is CC(=O)O[C@@H]1[C@@H](OC(C)=O)[C@H](n2c(C)c[nH]c2=S)O[C@H](CO)[C@H]1OC(C)=O. The van der Waals surface area contributed by atoms with Gasteiger partial charge in [0.2, 0.25) is 0 Å². The molecular formula is C16H22N2O8S. The van der Waals surface area contributed by atoms with Crippen LogP contribution in [0.15, 0.2) is 6.20 Å². The number of ether oxygens (including phenoxy) is 4. The molecule has 10 nitrogen and oxygen atoms in total. The number of nitrogens with zero attached hydrogens (tertiary/aromatic N) is 1. The molecule has 11 heteroatoms. The van der Waals surface area contributed by atoms with Gasteiger partial charge in [-0.3, -0.25) is 19.0 Å². The number of imidazole rings is 1. The second-order valence-corrected chi connectivity index (χ2v) is 6.46. The molecule has 0 saturated carbocycles. The maximum atomic E-state index is 11.7. The van der Waals surface area contributed by atoms with Crippen LogP contribution in [0.1, 0.15) is 32.7 Å². The summed E-state index contributed by atoms with van der Waals surface area (Å²) in [5.41, 5.74) is 0.659. The van der Waals surface area contributed by atoms with E-state index in [0.29, 0.717) is 5.69 Å². The van der Waals surface area contributed by atoms with Gasteiger partial charge < -0.3 is 29.0 Å². The van der Waals surface area contributed by atoms with Gasteiger partial charge in [-0.25, -0.2) is 0 Å². The molecule has 0 unspecified atom stereocenters. The van der Waals surface area contributed by atoms with Crippen molar-refractivity contribution < 1.29 is 38.4 Å². The molecule has 2 N–H and O–H groups in total. The van der Waals surface area contributed by atoms with Crippen LogP contribution in [0.25, 0.3) is 0 Å². The number of hydrogen-bond acceptors (Lipinski definition) is 9. The summed E-state index contributed by atoms with van der Waals surface area (Å²) in [6.07, 6.45) is -3.97. The maximum Gasteiger partial charge on any atom is 0.303 e. The highest BCUT2D eigenvalue weighted by Gasteiger charge is 2.52. The highest BCUT2D eigenvalue weighted by molar-refractivity contribution is 7.71. The second-order valence-electron chi connectivity index (χ2n) is 6.08. The normalized spacial score (nSPS) is 27.7. The van der Waals surface area contributed by atoms with Crippen LogP contribution in [0.2, 0.25) is 0 Å². The number of aliphatic hydroxyl groups excluding tert-OH is 1. The van der Waals surface area contributed by atoms with Crippen molar-refractivity contribution in [1.82, 2.24) is 9.55 Å². The molecule has 5 atom stereocenters. The van der Waals surface area contributed by atoms with Crippen molar-refractivity contribution in [2.24, 2.45) is 0 Å². The minimum atomic E-state index is -1.21. The van der Waals surface area contributed by atoms with Crippen LogP contribution < -0.4 is 0 Å². The average molecular weight is 402 g/mol. The van der Waals surface area contributed by atoms with E-state index in [-0.39, 0.29) is 4.77 Å². The fourth-order valence-corrected chi connectivity index (χ4v) is 3.32. The summed E-state index contributed by atoms with van der Waals surface area (Å²) in [6.45, 7) is 4.73. The monoisotopic (exact) mass is 402 g/mol. The Labute approximate surface area is 160 Å². The summed E-state index contributed by atoms with van der Waals surface area (Å²) in [5, 5.41) is 9.74. The van der Waals surface area contributed by atoms with Crippen LogP contribution in [0.5, 0.6) is 0 Å². The van der Waals surface area contributed by atoms with E-state index in [1.165, 1.54) is 25.3 Å². The predicted molar refractivity (Wildman–Crippen MR) is 92.0 cm³/mol. The molecule has 1 saturated heterocycles. The summed E-state index contributed by atoms with van der Waals surface area (Å²) in [4.78, 5) is 37.7. The molecule has 2 heterocycles. The van der Waals surface area contributed by atoms with Crippen molar-refractivity contribution in [3.05, 3.63) is 16.7 Å². The third-order valence-corrected chi connectivity index (χ3v) is 4.27. The first-order valence-corrected chi connectivity index (χ1v) is 8.61. The standard InChI is InChI=1S/C16H22N2O8S/c1-7-5-17-16(27)18(7)15-14(25-10(4)22)13(24-9(3)21)12(23-8(2)20)11(6-19)26-15/h5,11-15,19H,6H2,1-4H3,(H,17,27)/t11-,12-,13+,14-,15-/m1/s1. The zero-order chi connectivity index (χ0) is 20.3. The van der Waals surface area contributed by atoms with Crippen molar-refractivity contribution in [3.63, 3.8) is 0 Å². The zero-order valence-electron chi connectivity index (χ0n) is 15.3. The molecule has 2 rings (SSSR count). The molecule has 0 aromatic carbocycles. The first kappa shape index (κ1) is 21.1. The van der Waals surface area contributed by atoms with Gasteiger partial charge in [0.05, 0.1) is 6.61 Å². The predicted octanol–water partition coefficient (Wildman–Crippen LogP) is 0.539. The van der Waals surface area contributed by atoms with Gasteiger partial charge in [-0.1, -0.05) is 0 Å². The highest BCUT2D eigenvalue weighted by Crippen LogP contribution is 2.35. The number of aromatic amines is 1. The van der Waals surface area contributed by atoms with E-state index in [4.69, 9.17) is 31.2 Å². The molecule has 0 radical (unpaired) electrons. The Morgan fingerprint density at radius 2 is 1.63 bits per heavy atom.